The van der Waals surface area contributed by atoms with Crippen LogP contribution in [0.15, 0.2) is 53.3 Å². The SMILES string of the molecule is COC1=C(C)C=C(C(=O)c2ccccc2)CC1(C)Br. The molecule has 0 spiro atoms. The summed E-state index contributed by atoms with van der Waals surface area (Å²) >= 11 is 3.66. The summed E-state index contributed by atoms with van der Waals surface area (Å²) < 4.78 is 5.11. The van der Waals surface area contributed by atoms with E-state index in [-0.39, 0.29) is 10.1 Å². The maximum absolute atomic E-state index is 12.5. The summed E-state index contributed by atoms with van der Waals surface area (Å²) in [6.45, 7) is 4.00. The van der Waals surface area contributed by atoms with Crippen LogP contribution in [0.5, 0.6) is 0 Å². The fraction of sp³-hybridized carbons (Fsp3) is 0.312. The first kappa shape index (κ1) is 14.1. The first-order valence-corrected chi connectivity index (χ1v) is 6.99. The second-order valence-corrected chi connectivity index (χ2v) is 6.71. The average Bonchev–Trinajstić information content (AvgIpc) is 2.37. The van der Waals surface area contributed by atoms with Crippen LogP contribution in [0.25, 0.3) is 0 Å². The fourth-order valence-corrected chi connectivity index (χ4v) is 3.30. The standard InChI is InChI=1S/C16H17BrO2/c1-11-9-13(10-16(2,17)15(11)19-3)14(18)12-7-5-4-6-8-12/h4-9H,10H2,1-3H3. The van der Waals surface area contributed by atoms with Gasteiger partial charge in [0.2, 0.25) is 0 Å². The van der Waals surface area contributed by atoms with Crippen LogP contribution in [0.2, 0.25) is 0 Å². The predicted octanol–water partition coefficient (Wildman–Crippen LogP) is 4.27. The maximum Gasteiger partial charge on any atom is 0.189 e. The average molecular weight is 321 g/mol. The van der Waals surface area contributed by atoms with Gasteiger partial charge < -0.3 is 4.74 Å². The summed E-state index contributed by atoms with van der Waals surface area (Å²) in [4.78, 5) is 12.5. The van der Waals surface area contributed by atoms with E-state index in [0.29, 0.717) is 6.42 Å². The molecule has 0 N–H and O–H groups in total. The molecule has 1 aromatic rings. The minimum absolute atomic E-state index is 0.0841. The van der Waals surface area contributed by atoms with Crippen molar-refractivity contribution < 1.29 is 9.53 Å². The molecule has 3 heteroatoms. The third kappa shape index (κ3) is 2.81. The van der Waals surface area contributed by atoms with Crippen molar-refractivity contribution >= 4 is 21.7 Å². The van der Waals surface area contributed by atoms with Gasteiger partial charge in [0.25, 0.3) is 0 Å². The zero-order chi connectivity index (χ0) is 14.0. The number of ketones is 1. The van der Waals surface area contributed by atoms with Gasteiger partial charge in [-0.15, -0.1) is 0 Å². The van der Waals surface area contributed by atoms with Crippen LogP contribution in [-0.2, 0) is 4.74 Å². The minimum atomic E-state index is -0.319. The monoisotopic (exact) mass is 320 g/mol. The lowest BCUT2D eigenvalue weighted by atomic mass is 9.86. The largest absolute Gasteiger partial charge is 0.499 e. The third-order valence-corrected chi connectivity index (χ3v) is 3.92. The number of rotatable bonds is 3. The molecule has 0 amide bonds. The van der Waals surface area contributed by atoms with Gasteiger partial charge in [0.1, 0.15) is 5.76 Å². The third-order valence-electron chi connectivity index (χ3n) is 3.28. The molecule has 0 aliphatic heterocycles. The summed E-state index contributed by atoms with van der Waals surface area (Å²) in [5.41, 5.74) is 2.53. The molecule has 100 valence electrons. The van der Waals surface area contributed by atoms with Crippen molar-refractivity contribution in [2.75, 3.05) is 7.11 Å². The zero-order valence-corrected chi connectivity index (χ0v) is 13.0. The van der Waals surface area contributed by atoms with Crippen LogP contribution in [0.3, 0.4) is 0 Å². The summed E-state index contributed by atoms with van der Waals surface area (Å²) in [5.74, 6) is 0.970. The smallest absolute Gasteiger partial charge is 0.189 e. The predicted molar refractivity (Wildman–Crippen MR) is 80.5 cm³/mol. The highest BCUT2D eigenvalue weighted by Gasteiger charge is 2.34. The van der Waals surface area contributed by atoms with E-state index in [9.17, 15) is 4.79 Å². The molecule has 0 aromatic heterocycles. The molecule has 1 atom stereocenters. The summed E-state index contributed by atoms with van der Waals surface area (Å²) in [6.07, 6.45) is 2.55. The zero-order valence-electron chi connectivity index (χ0n) is 11.4. The van der Waals surface area contributed by atoms with Crippen LogP contribution in [0.4, 0.5) is 0 Å². The van der Waals surface area contributed by atoms with E-state index in [1.165, 1.54) is 0 Å². The van der Waals surface area contributed by atoms with Gasteiger partial charge in [0.15, 0.2) is 5.78 Å². The van der Waals surface area contributed by atoms with E-state index in [4.69, 9.17) is 4.74 Å². The van der Waals surface area contributed by atoms with Crippen molar-refractivity contribution in [3.05, 3.63) is 58.9 Å². The number of alkyl halides is 1. The van der Waals surface area contributed by atoms with Crippen LogP contribution in [-0.4, -0.2) is 17.2 Å². The van der Waals surface area contributed by atoms with Gasteiger partial charge in [0, 0.05) is 11.1 Å². The first-order valence-electron chi connectivity index (χ1n) is 6.20. The number of methoxy groups -OCH3 is 1. The number of hydrogen-bond donors (Lipinski definition) is 0. The number of Topliss-reactive ketones (excluding diaryl/α,β-unsaturated/α-hetero) is 1. The molecule has 0 fully saturated rings. The molecule has 19 heavy (non-hydrogen) atoms. The van der Waals surface area contributed by atoms with Gasteiger partial charge in [-0.2, -0.15) is 0 Å². The Morgan fingerprint density at radius 2 is 1.95 bits per heavy atom. The lowest BCUT2D eigenvalue weighted by Gasteiger charge is -2.30. The number of halogens is 1. The second kappa shape index (κ2) is 5.33. The van der Waals surface area contributed by atoms with Crippen LogP contribution < -0.4 is 0 Å². The molecule has 1 aromatic carbocycles. The van der Waals surface area contributed by atoms with Crippen molar-refractivity contribution in [1.82, 2.24) is 0 Å². The molecule has 2 nitrogen and oxygen atoms in total. The van der Waals surface area contributed by atoms with E-state index in [1.54, 1.807) is 7.11 Å². The van der Waals surface area contributed by atoms with Crippen molar-refractivity contribution in [2.24, 2.45) is 0 Å². The van der Waals surface area contributed by atoms with E-state index >= 15 is 0 Å². The first-order chi connectivity index (χ1) is 8.95. The Bertz CT molecular complexity index is 553. The Labute approximate surface area is 122 Å². The van der Waals surface area contributed by atoms with Gasteiger partial charge in [-0.25, -0.2) is 0 Å². The highest BCUT2D eigenvalue weighted by molar-refractivity contribution is 9.10. The Morgan fingerprint density at radius 1 is 1.32 bits per heavy atom. The maximum atomic E-state index is 12.5. The number of ether oxygens (including phenoxy) is 1. The van der Waals surface area contributed by atoms with Crippen molar-refractivity contribution in [3.63, 3.8) is 0 Å². The lowest BCUT2D eigenvalue weighted by molar-refractivity contribution is 0.102. The van der Waals surface area contributed by atoms with E-state index in [0.717, 1.165) is 22.5 Å². The van der Waals surface area contributed by atoms with Crippen molar-refractivity contribution in [2.45, 2.75) is 24.6 Å². The molecule has 1 aliphatic carbocycles. The number of carbonyl (C=O) groups is 1. The number of benzene rings is 1. The Morgan fingerprint density at radius 3 is 2.47 bits per heavy atom. The Balaban J connectivity index is 2.38. The van der Waals surface area contributed by atoms with Crippen molar-refractivity contribution in [3.8, 4) is 0 Å². The lowest BCUT2D eigenvalue weighted by Crippen LogP contribution is -2.27. The van der Waals surface area contributed by atoms with Gasteiger partial charge in [-0.3, -0.25) is 4.79 Å². The van der Waals surface area contributed by atoms with Gasteiger partial charge in [0.05, 0.1) is 11.4 Å². The molecular formula is C16H17BrO2. The second-order valence-electron chi connectivity index (χ2n) is 4.96. The molecule has 1 unspecified atom stereocenters. The quantitative estimate of drug-likeness (QED) is 0.614. The van der Waals surface area contributed by atoms with Gasteiger partial charge >= 0.3 is 0 Å². The molecule has 0 saturated carbocycles. The number of allylic oxidation sites excluding steroid dienone is 4. The van der Waals surface area contributed by atoms with E-state index in [2.05, 4.69) is 15.9 Å². The van der Waals surface area contributed by atoms with Crippen molar-refractivity contribution in [1.29, 1.82) is 0 Å². The van der Waals surface area contributed by atoms with E-state index < -0.39 is 0 Å². The molecule has 0 bridgehead atoms. The molecule has 0 heterocycles. The highest BCUT2D eigenvalue weighted by atomic mass is 79.9. The van der Waals surface area contributed by atoms with Crippen LogP contribution >= 0.6 is 15.9 Å². The molecule has 2 rings (SSSR count). The molecule has 0 radical (unpaired) electrons. The highest BCUT2D eigenvalue weighted by Crippen LogP contribution is 2.40. The number of carbonyl (C=O) groups excluding carboxylic acids is 1. The van der Waals surface area contributed by atoms with Crippen LogP contribution in [0, 0.1) is 0 Å². The number of hydrogen-bond acceptors (Lipinski definition) is 2. The minimum Gasteiger partial charge on any atom is -0.499 e. The topological polar surface area (TPSA) is 26.3 Å². The summed E-state index contributed by atoms with van der Waals surface area (Å²) in [7, 11) is 1.66. The summed E-state index contributed by atoms with van der Waals surface area (Å²) in [5, 5.41) is 0. The molecule has 0 saturated heterocycles. The van der Waals surface area contributed by atoms with Gasteiger partial charge in [-0.1, -0.05) is 46.3 Å². The summed E-state index contributed by atoms with van der Waals surface area (Å²) in [6, 6.07) is 9.37. The normalized spacial score (nSPS) is 23.1. The Hall–Kier alpha value is -1.35. The van der Waals surface area contributed by atoms with E-state index in [1.807, 2.05) is 50.3 Å². The van der Waals surface area contributed by atoms with Gasteiger partial charge in [-0.05, 0) is 31.9 Å². The Kier molecular flexibility index (Phi) is 3.95. The molecular weight excluding hydrogens is 304 g/mol. The van der Waals surface area contributed by atoms with Crippen LogP contribution in [0.1, 0.15) is 30.6 Å². The fourth-order valence-electron chi connectivity index (χ4n) is 2.52. The molecule has 1 aliphatic rings.